The number of hydrogen-bond donors (Lipinski definition) is 1. The number of carbonyl (C=O) groups excluding carboxylic acids is 2. The van der Waals surface area contributed by atoms with Crippen molar-refractivity contribution in [2.75, 3.05) is 26.2 Å². The number of hydrogen-bond acceptors (Lipinski definition) is 4. The van der Waals surface area contributed by atoms with Gasteiger partial charge in [-0.05, 0) is 49.8 Å². The van der Waals surface area contributed by atoms with Gasteiger partial charge in [0.2, 0.25) is 5.91 Å². The summed E-state index contributed by atoms with van der Waals surface area (Å²) >= 11 is 0. The molecule has 134 valence electrons. The fourth-order valence-electron chi connectivity index (χ4n) is 4.47. The summed E-state index contributed by atoms with van der Waals surface area (Å²) in [6, 6.07) is 8.35. The number of likely N-dealkylation sites (tertiary alicyclic amines) is 1. The number of esters is 1. The lowest BCUT2D eigenvalue weighted by atomic mass is 9.80. The molecule has 1 aliphatic carbocycles. The van der Waals surface area contributed by atoms with Gasteiger partial charge in [0.05, 0.1) is 17.9 Å². The predicted octanol–water partition coefficient (Wildman–Crippen LogP) is 1.75. The first-order chi connectivity index (χ1) is 12.1. The molecule has 0 radical (unpaired) electrons. The van der Waals surface area contributed by atoms with Crippen molar-refractivity contribution < 1.29 is 14.3 Å². The van der Waals surface area contributed by atoms with Crippen LogP contribution in [-0.2, 0) is 27.3 Å². The van der Waals surface area contributed by atoms with E-state index < -0.39 is 0 Å². The van der Waals surface area contributed by atoms with Crippen LogP contribution in [-0.4, -0.2) is 43.0 Å². The van der Waals surface area contributed by atoms with Crippen LogP contribution < -0.4 is 5.32 Å². The molecular formula is C20H26N2O3. The van der Waals surface area contributed by atoms with Crippen LogP contribution in [0.5, 0.6) is 0 Å². The number of ether oxygens (including phenoxy) is 1. The van der Waals surface area contributed by atoms with Crippen molar-refractivity contribution in [3.63, 3.8) is 0 Å². The largest absolute Gasteiger partial charge is 0.466 e. The highest BCUT2D eigenvalue weighted by Gasteiger charge is 2.49. The molecule has 3 unspecified atom stereocenters. The molecule has 5 nitrogen and oxygen atoms in total. The minimum atomic E-state index is -0.319. The number of nitrogens with one attached hydrogen (secondary N) is 1. The van der Waals surface area contributed by atoms with E-state index in [-0.39, 0.29) is 23.2 Å². The van der Waals surface area contributed by atoms with E-state index in [2.05, 4.69) is 28.4 Å². The first kappa shape index (κ1) is 16.6. The minimum Gasteiger partial charge on any atom is -0.466 e. The van der Waals surface area contributed by atoms with Crippen LogP contribution in [0.1, 0.15) is 30.9 Å². The van der Waals surface area contributed by atoms with Crippen LogP contribution in [0.3, 0.4) is 0 Å². The number of amides is 1. The van der Waals surface area contributed by atoms with Crippen molar-refractivity contribution in [2.45, 2.75) is 32.7 Å². The van der Waals surface area contributed by atoms with E-state index >= 15 is 0 Å². The molecule has 1 N–H and O–H groups in total. The van der Waals surface area contributed by atoms with Crippen LogP contribution in [0.15, 0.2) is 24.3 Å². The Balaban J connectivity index is 1.41. The van der Waals surface area contributed by atoms with Gasteiger partial charge in [-0.3, -0.25) is 9.59 Å². The normalized spacial score (nSPS) is 31.3. The maximum Gasteiger partial charge on any atom is 0.309 e. The van der Waals surface area contributed by atoms with Crippen molar-refractivity contribution in [3.8, 4) is 0 Å². The maximum absolute atomic E-state index is 12.8. The molecule has 1 saturated heterocycles. The monoisotopic (exact) mass is 342 g/mol. The summed E-state index contributed by atoms with van der Waals surface area (Å²) in [4.78, 5) is 27.0. The molecule has 3 atom stereocenters. The molecule has 2 heterocycles. The Kier molecular flexibility index (Phi) is 4.28. The third kappa shape index (κ3) is 3.17. The Hall–Kier alpha value is -1.88. The van der Waals surface area contributed by atoms with Crippen LogP contribution >= 0.6 is 0 Å². The SMILES string of the molecule is CCOC(=O)C1CC1CN1CCC2(Cc3ccccc3CNC2=O)C1. The predicted molar refractivity (Wildman–Crippen MR) is 93.7 cm³/mol. The molecule has 5 heteroatoms. The second-order valence-corrected chi connectivity index (χ2v) is 7.75. The first-order valence-electron chi connectivity index (χ1n) is 9.35. The van der Waals surface area contributed by atoms with Crippen molar-refractivity contribution in [1.82, 2.24) is 10.2 Å². The lowest BCUT2D eigenvalue weighted by Gasteiger charge is -2.26. The number of rotatable bonds is 4. The molecule has 25 heavy (non-hydrogen) atoms. The van der Waals surface area contributed by atoms with Crippen LogP contribution in [0.25, 0.3) is 0 Å². The van der Waals surface area contributed by atoms with E-state index in [9.17, 15) is 9.59 Å². The number of benzene rings is 1. The van der Waals surface area contributed by atoms with Crippen LogP contribution in [0, 0.1) is 17.3 Å². The Morgan fingerprint density at radius 1 is 1.36 bits per heavy atom. The topological polar surface area (TPSA) is 58.6 Å². The summed E-state index contributed by atoms with van der Waals surface area (Å²) in [6.45, 7) is 5.56. The fourth-order valence-corrected chi connectivity index (χ4v) is 4.47. The van der Waals surface area contributed by atoms with E-state index in [1.807, 2.05) is 13.0 Å². The van der Waals surface area contributed by atoms with Crippen LogP contribution in [0.4, 0.5) is 0 Å². The average Bonchev–Trinajstić information content (AvgIpc) is 3.28. The zero-order chi connectivity index (χ0) is 17.4. The van der Waals surface area contributed by atoms with Gasteiger partial charge in [0, 0.05) is 19.6 Å². The summed E-state index contributed by atoms with van der Waals surface area (Å²) in [7, 11) is 0. The Labute approximate surface area is 148 Å². The summed E-state index contributed by atoms with van der Waals surface area (Å²) < 4.78 is 5.12. The Morgan fingerprint density at radius 3 is 2.96 bits per heavy atom. The number of nitrogens with zero attached hydrogens (tertiary/aromatic N) is 1. The molecule has 1 spiro atoms. The Morgan fingerprint density at radius 2 is 2.16 bits per heavy atom. The van der Waals surface area contributed by atoms with Gasteiger partial charge in [-0.1, -0.05) is 24.3 Å². The van der Waals surface area contributed by atoms with Crippen molar-refractivity contribution in [3.05, 3.63) is 35.4 Å². The third-order valence-corrected chi connectivity index (χ3v) is 6.01. The van der Waals surface area contributed by atoms with E-state index in [1.54, 1.807) is 0 Å². The molecule has 3 aliphatic rings. The highest BCUT2D eigenvalue weighted by molar-refractivity contribution is 5.84. The summed E-state index contributed by atoms with van der Waals surface area (Å²) in [5.41, 5.74) is 2.20. The summed E-state index contributed by atoms with van der Waals surface area (Å²) in [5, 5.41) is 3.13. The lowest BCUT2D eigenvalue weighted by Crippen LogP contribution is -2.42. The molecular weight excluding hydrogens is 316 g/mol. The fraction of sp³-hybridized carbons (Fsp3) is 0.600. The van der Waals surface area contributed by atoms with Crippen molar-refractivity contribution >= 4 is 11.9 Å². The van der Waals surface area contributed by atoms with Gasteiger partial charge in [-0.15, -0.1) is 0 Å². The molecule has 1 aromatic rings. The number of carbonyl (C=O) groups is 2. The highest BCUT2D eigenvalue weighted by Crippen LogP contribution is 2.43. The smallest absolute Gasteiger partial charge is 0.309 e. The Bertz CT molecular complexity index is 689. The quantitative estimate of drug-likeness (QED) is 0.847. The maximum atomic E-state index is 12.8. The second-order valence-electron chi connectivity index (χ2n) is 7.75. The first-order valence-corrected chi connectivity index (χ1v) is 9.35. The summed E-state index contributed by atoms with van der Waals surface area (Å²) in [6.07, 6.45) is 2.64. The lowest BCUT2D eigenvalue weighted by molar-refractivity contribution is -0.145. The van der Waals surface area contributed by atoms with Crippen molar-refractivity contribution in [1.29, 1.82) is 0 Å². The van der Waals surface area contributed by atoms with Crippen molar-refractivity contribution in [2.24, 2.45) is 17.3 Å². The molecule has 2 fully saturated rings. The van der Waals surface area contributed by atoms with Gasteiger partial charge >= 0.3 is 5.97 Å². The molecule has 1 saturated carbocycles. The molecule has 1 amide bonds. The minimum absolute atomic E-state index is 0.0532. The highest BCUT2D eigenvalue weighted by atomic mass is 16.5. The number of fused-ring (bicyclic) bond motifs is 1. The molecule has 1 aromatic carbocycles. The van der Waals surface area contributed by atoms with E-state index in [4.69, 9.17) is 4.74 Å². The molecule has 0 aromatic heterocycles. The molecule has 2 aliphatic heterocycles. The summed E-state index contributed by atoms with van der Waals surface area (Å²) in [5.74, 6) is 0.599. The van der Waals surface area contributed by atoms with Gasteiger partial charge < -0.3 is 15.0 Å². The average molecular weight is 342 g/mol. The van der Waals surface area contributed by atoms with Gasteiger partial charge in [0.1, 0.15) is 0 Å². The third-order valence-electron chi connectivity index (χ3n) is 6.01. The van der Waals surface area contributed by atoms with Gasteiger partial charge in [0.15, 0.2) is 0 Å². The van der Waals surface area contributed by atoms with Gasteiger partial charge in [-0.25, -0.2) is 0 Å². The van der Waals surface area contributed by atoms with E-state index in [0.29, 0.717) is 19.1 Å². The second kappa shape index (κ2) is 6.45. The van der Waals surface area contributed by atoms with Gasteiger partial charge in [-0.2, -0.15) is 0 Å². The van der Waals surface area contributed by atoms with Crippen LogP contribution in [0.2, 0.25) is 0 Å². The molecule has 0 bridgehead atoms. The zero-order valence-corrected chi connectivity index (χ0v) is 14.8. The molecule has 4 rings (SSSR count). The van der Waals surface area contributed by atoms with E-state index in [1.165, 1.54) is 11.1 Å². The standard InChI is InChI=1S/C20H26N2O3/c1-2-25-18(23)17-9-16(17)12-22-8-7-20(13-22)10-14-5-3-4-6-15(14)11-21-19(20)24/h3-6,16-17H,2,7-13H2,1H3,(H,21,24). The van der Waals surface area contributed by atoms with Gasteiger partial charge in [0.25, 0.3) is 0 Å². The van der Waals surface area contributed by atoms with E-state index in [0.717, 1.165) is 38.9 Å². The zero-order valence-electron chi connectivity index (χ0n) is 14.8.